The monoisotopic (exact) mass is 403 g/mol. The Labute approximate surface area is 163 Å². The molecule has 3 aromatic rings. The van der Waals surface area contributed by atoms with Crippen LogP contribution in [0.25, 0.3) is 11.3 Å². The van der Waals surface area contributed by atoms with Crippen LogP contribution < -0.4 is 10.1 Å². The quantitative estimate of drug-likeness (QED) is 0.499. The van der Waals surface area contributed by atoms with Gasteiger partial charge in [0.05, 0.1) is 18.4 Å². The van der Waals surface area contributed by atoms with Gasteiger partial charge in [0.25, 0.3) is 5.91 Å². The van der Waals surface area contributed by atoms with E-state index in [1.807, 2.05) is 29.6 Å². The standard InChI is InChI=1S/C18H14ClN3O4S/c1-25-13-5-2-11(3-6-13)14-10-27-18(21-14)22-16(23)9-26-17(24)12-4-7-15(19)20-8-12/h2-8,10H,9H2,1H3,(H,21,22,23). The SMILES string of the molecule is COc1ccc(-c2csc(NC(=O)COC(=O)c3ccc(Cl)nc3)n2)cc1. The van der Waals surface area contributed by atoms with Crippen molar-refractivity contribution in [2.45, 2.75) is 0 Å². The minimum Gasteiger partial charge on any atom is -0.497 e. The van der Waals surface area contributed by atoms with Crippen LogP contribution in [0.1, 0.15) is 10.4 Å². The molecule has 0 aliphatic carbocycles. The van der Waals surface area contributed by atoms with E-state index in [-0.39, 0.29) is 10.7 Å². The summed E-state index contributed by atoms with van der Waals surface area (Å²) >= 11 is 6.93. The molecule has 0 radical (unpaired) electrons. The molecule has 138 valence electrons. The van der Waals surface area contributed by atoms with Crippen LogP contribution in [0.3, 0.4) is 0 Å². The highest BCUT2D eigenvalue weighted by atomic mass is 35.5. The number of ether oxygens (including phenoxy) is 2. The molecule has 0 saturated heterocycles. The van der Waals surface area contributed by atoms with E-state index in [2.05, 4.69) is 15.3 Å². The number of halogens is 1. The number of amides is 1. The van der Waals surface area contributed by atoms with Gasteiger partial charge in [-0.3, -0.25) is 10.1 Å². The summed E-state index contributed by atoms with van der Waals surface area (Å²) < 4.78 is 10.1. The summed E-state index contributed by atoms with van der Waals surface area (Å²) in [6, 6.07) is 10.4. The Balaban J connectivity index is 1.54. The first kappa shape index (κ1) is 18.8. The van der Waals surface area contributed by atoms with Gasteiger partial charge in [0.1, 0.15) is 10.9 Å². The fraction of sp³-hybridized carbons (Fsp3) is 0.111. The molecule has 0 atom stereocenters. The van der Waals surface area contributed by atoms with Crippen molar-refractivity contribution in [1.29, 1.82) is 0 Å². The van der Waals surface area contributed by atoms with E-state index >= 15 is 0 Å². The van der Waals surface area contributed by atoms with Gasteiger partial charge >= 0.3 is 5.97 Å². The molecule has 1 amide bonds. The number of nitrogens with zero attached hydrogens (tertiary/aromatic N) is 2. The number of pyridine rings is 1. The van der Waals surface area contributed by atoms with E-state index in [1.165, 1.54) is 29.7 Å². The zero-order valence-corrected chi connectivity index (χ0v) is 15.7. The van der Waals surface area contributed by atoms with Gasteiger partial charge in [-0.25, -0.2) is 14.8 Å². The smallest absolute Gasteiger partial charge is 0.340 e. The number of thiazole rings is 1. The number of hydrogen-bond donors (Lipinski definition) is 1. The number of esters is 1. The van der Waals surface area contributed by atoms with Gasteiger partial charge in [-0.15, -0.1) is 11.3 Å². The van der Waals surface area contributed by atoms with Crippen molar-refractivity contribution in [1.82, 2.24) is 9.97 Å². The number of anilines is 1. The summed E-state index contributed by atoms with van der Waals surface area (Å²) in [7, 11) is 1.60. The van der Waals surface area contributed by atoms with Crippen molar-refractivity contribution < 1.29 is 19.1 Å². The lowest BCUT2D eigenvalue weighted by molar-refractivity contribution is -0.119. The van der Waals surface area contributed by atoms with Gasteiger partial charge in [0, 0.05) is 17.1 Å². The molecule has 1 N–H and O–H groups in total. The zero-order chi connectivity index (χ0) is 19.2. The highest BCUT2D eigenvalue weighted by Crippen LogP contribution is 2.26. The number of hydrogen-bond acceptors (Lipinski definition) is 7. The fourth-order valence-corrected chi connectivity index (χ4v) is 2.94. The van der Waals surface area contributed by atoms with Crippen LogP contribution in [0.15, 0.2) is 48.0 Å². The molecule has 0 saturated carbocycles. The minimum absolute atomic E-state index is 0.211. The van der Waals surface area contributed by atoms with E-state index < -0.39 is 18.5 Å². The van der Waals surface area contributed by atoms with E-state index in [0.717, 1.165) is 17.0 Å². The van der Waals surface area contributed by atoms with Gasteiger partial charge in [-0.1, -0.05) is 11.6 Å². The van der Waals surface area contributed by atoms with Gasteiger partial charge in [-0.2, -0.15) is 0 Å². The van der Waals surface area contributed by atoms with E-state index in [1.54, 1.807) is 7.11 Å². The Morgan fingerprint density at radius 3 is 2.63 bits per heavy atom. The second-order valence-corrected chi connectivity index (χ2v) is 6.51. The molecule has 1 aromatic carbocycles. The van der Waals surface area contributed by atoms with E-state index in [9.17, 15) is 9.59 Å². The third kappa shape index (κ3) is 5.02. The van der Waals surface area contributed by atoms with Crippen LogP contribution in [0.4, 0.5) is 5.13 Å². The highest BCUT2D eigenvalue weighted by molar-refractivity contribution is 7.14. The second kappa shape index (κ2) is 8.61. The van der Waals surface area contributed by atoms with Crippen LogP contribution >= 0.6 is 22.9 Å². The molecular formula is C18H14ClN3O4S. The Bertz CT molecular complexity index is 942. The molecule has 0 bridgehead atoms. The third-order valence-electron chi connectivity index (χ3n) is 3.43. The molecule has 27 heavy (non-hydrogen) atoms. The summed E-state index contributed by atoms with van der Waals surface area (Å²) in [5, 5.41) is 5.10. The van der Waals surface area contributed by atoms with Gasteiger partial charge in [0.2, 0.25) is 0 Å². The molecule has 2 aromatic heterocycles. The summed E-state index contributed by atoms with van der Waals surface area (Å²) in [5.74, 6) is -0.395. The first-order valence-electron chi connectivity index (χ1n) is 7.73. The normalized spacial score (nSPS) is 10.3. The molecule has 0 fully saturated rings. The predicted molar refractivity (Wildman–Crippen MR) is 102 cm³/mol. The summed E-state index contributed by atoms with van der Waals surface area (Å²) in [6.45, 7) is -0.432. The molecule has 7 nitrogen and oxygen atoms in total. The Morgan fingerprint density at radius 2 is 1.96 bits per heavy atom. The van der Waals surface area contributed by atoms with Crippen LogP contribution in [0.5, 0.6) is 5.75 Å². The number of carbonyl (C=O) groups excluding carboxylic acids is 2. The maximum atomic E-state index is 12.0. The molecule has 0 spiro atoms. The predicted octanol–water partition coefficient (Wildman–Crippen LogP) is 3.66. The minimum atomic E-state index is -0.660. The van der Waals surface area contributed by atoms with Crippen molar-refractivity contribution in [3.05, 3.63) is 58.7 Å². The first-order chi connectivity index (χ1) is 13.0. The van der Waals surface area contributed by atoms with Crippen molar-refractivity contribution in [3.63, 3.8) is 0 Å². The zero-order valence-electron chi connectivity index (χ0n) is 14.1. The van der Waals surface area contributed by atoms with Crippen molar-refractivity contribution in [2.75, 3.05) is 19.0 Å². The number of nitrogens with one attached hydrogen (secondary N) is 1. The van der Waals surface area contributed by atoms with Gasteiger partial charge in [0.15, 0.2) is 11.7 Å². The average molecular weight is 404 g/mol. The van der Waals surface area contributed by atoms with Gasteiger partial charge < -0.3 is 9.47 Å². The molecule has 0 aliphatic rings. The first-order valence-corrected chi connectivity index (χ1v) is 8.99. The number of benzene rings is 1. The largest absolute Gasteiger partial charge is 0.497 e. The number of methoxy groups -OCH3 is 1. The summed E-state index contributed by atoms with van der Waals surface area (Å²) in [6.07, 6.45) is 1.28. The topological polar surface area (TPSA) is 90.4 Å². The van der Waals surface area contributed by atoms with E-state index in [0.29, 0.717) is 5.13 Å². The lowest BCUT2D eigenvalue weighted by atomic mass is 10.2. The lowest BCUT2D eigenvalue weighted by Gasteiger charge is -2.04. The maximum Gasteiger partial charge on any atom is 0.340 e. The number of carbonyl (C=O) groups is 2. The lowest BCUT2D eigenvalue weighted by Crippen LogP contribution is -2.20. The number of rotatable bonds is 6. The van der Waals surface area contributed by atoms with Crippen LogP contribution in [-0.4, -0.2) is 35.6 Å². The Hall–Kier alpha value is -2.97. The molecule has 3 rings (SSSR count). The second-order valence-electron chi connectivity index (χ2n) is 5.26. The average Bonchev–Trinajstić information content (AvgIpc) is 3.15. The maximum absolute atomic E-state index is 12.0. The van der Waals surface area contributed by atoms with Crippen molar-refractivity contribution in [3.8, 4) is 17.0 Å². The summed E-state index contributed by atoms with van der Waals surface area (Å²) in [5.41, 5.74) is 1.83. The molecular weight excluding hydrogens is 390 g/mol. The molecule has 0 unspecified atom stereocenters. The van der Waals surface area contributed by atoms with Crippen LogP contribution in [0, 0.1) is 0 Å². The number of aromatic nitrogens is 2. The van der Waals surface area contributed by atoms with Crippen molar-refractivity contribution in [2.24, 2.45) is 0 Å². The van der Waals surface area contributed by atoms with E-state index in [4.69, 9.17) is 21.1 Å². The van der Waals surface area contributed by atoms with Crippen LogP contribution in [0.2, 0.25) is 5.15 Å². The highest BCUT2D eigenvalue weighted by Gasteiger charge is 2.12. The Kier molecular flexibility index (Phi) is 6.00. The fourth-order valence-electron chi connectivity index (χ4n) is 2.09. The van der Waals surface area contributed by atoms with Crippen LogP contribution in [-0.2, 0) is 9.53 Å². The molecule has 0 aliphatic heterocycles. The molecule has 2 heterocycles. The molecule has 9 heteroatoms. The Morgan fingerprint density at radius 1 is 1.19 bits per heavy atom. The summed E-state index contributed by atoms with van der Waals surface area (Å²) in [4.78, 5) is 31.9. The van der Waals surface area contributed by atoms with Crippen molar-refractivity contribution >= 4 is 39.9 Å². The third-order valence-corrected chi connectivity index (χ3v) is 4.42. The van der Waals surface area contributed by atoms with Gasteiger partial charge in [-0.05, 0) is 36.4 Å².